The largest absolute Gasteiger partial charge is 0.391 e. The number of carbonyl (C=O) groups excluding carboxylic acids is 1. The number of aliphatic hydroxyl groups excluding tert-OH is 1. The van der Waals surface area contributed by atoms with Gasteiger partial charge in [-0.25, -0.2) is 9.97 Å². The molecule has 0 bridgehead atoms. The lowest BCUT2D eigenvalue weighted by atomic mass is 9.92. The Labute approximate surface area is 123 Å². The van der Waals surface area contributed by atoms with E-state index in [4.69, 9.17) is 11.6 Å². The van der Waals surface area contributed by atoms with Crippen LogP contribution in [0.5, 0.6) is 0 Å². The number of amides is 1. The van der Waals surface area contributed by atoms with Crippen LogP contribution in [0.4, 0.5) is 0 Å². The zero-order valence-electron chi connectivity index (χ0n) is 11.8. The highest BCUT2D eigenvalue weighted by atomic mass is 35.5. The average molecular weight is 298 g/mol. The minimum Gasteiger partial charge on any atom is -0.391 e. The van der Waals surface area contributed by atoms with Crippen LogP contribution in [0.2, 0.25) is 5.02 Å². The Hall–Kier alpha value is -1.20. The topological polar surface area (TPSA) is 75.1 Å². The van der Waals surface area contributed by atoms with Crippen molar-refractivity contribution >= 4 is 17.5 Å². The van der Waals surface area contributed by atoms with Gasteiger partial charge in [-0.2, -0.15) is 0 Å². The first-order chi connectivity index (χ1) is 9.49. The molecule has 0 saturated heterocycles. The van der Waals surface area contributed by atoms with E-state index < -0.39 is 6.10 Å². The van der Waals surface area contributed by atoms with Gasteiger partial charge in [-0.1, -0.05) is 38.3 Å². The van der Waals surface area contributed by atoms with Crippen LogP contribution in [-0.4, -0.2) is 33.1 Å². The molecule has 1 fully saturated rings. The molecule has 110 valence electrons. The Bertz CT molecular complexity index is 493. The molecular weight excluding hydrogens is 278 g/mol. The van der Waals surface area contributed by atoms with Crippen LogP contribution in [0.25, 0.3) is 0 Å². The first kappa shape index (κ1) is 15.2. The molecule has 2 rings (SSSR count). The van der Waals surface area contributed by atoms with Crippen LogP contribution in [-0.2, 0) is 0 Å². The first-order valence-corrected chi connectivity index (χ1v) is 7.38. The molecule has 5 nitrogen and oxygen atoms in total. The van der Waals surface area contributed by atoms with Gasteiger partial charge in [0.15, 0.2) is 0 Å². The van der Waals surface area contributed by atoms with Gasteiger partial charge in [0.1, 0.15) is 11.5 Å². The summed E-state index contributed by atoms with van der Waals surface area (Å²) in [5, 5.41) is 13.0. The minimum atomic E-state index is -0.488. The van der Waals surface area contributed by atoms with Crippen molar-refractivity contribution < 1.29 is 9.90 Å². The van der Waals surface area contributed by atoms with Gasteiger partial charge in [0.05, 0.1) is 23.4 Å². The van der Waals surface area contributed by atoms with Crippen LogP contribution in [0.15, 0.2) is 6.20 Å². The van der Waals surface area contributed by atoms with Crippen molar-refractivity contribution in [3.8, 4) is 0 Å². The Morgan fingerprint density at radius 2 is 2.15 bits per heavy atom. The third-order valence-electron chi connectivity index (χ3n) is 3.54. The summed E-state index contributed by atoms with van der Waals surface area (Å²) in [6.45, 7) is 3.91. The van der Waals surface area contributed by atoms with Crippen molar-refractivity contribution in [1.82, 2.24) is 15.3 Å². The second-order valence-corrected chi connectivity index (χ2v) is 5.92. The van der Waals surface area contributed by atoms with E-state index in [9.17, 15) is 9.90 Å². The summed E-state index contributed by atoms with van der Waals surface area (Å²) in [6.07, 6.45) is 4.48. The summed E-state index contributed by atoms with van der Waals surface area (Å²) in [5.74, 6) is 0.369. The van der Waals surface area contributed by atoms with Gasteiger partial charge in [-0.3, -0.25) is 4.79 Å². The van der Waals surface area contributed by atoms with Crippen molar-refractivity contribution in [2.24, 2.45) is 0 Å². The standard InChI is InChI=1S/C14H20ClN3O2/c1-8(2)13-16-7-9(15)12(18-13)14(20)17-10-5-3-4-6-11(10)19/h7-8,10-11,19H,3-6H2,1-2H3,(H,17,20)/t10-,11-/m0/s1. The van der Waals surface area contributed by atoms with Gasteiger partial charge < -0.3 is 10.4 Å². The highest BCUT2D eigenvalue weighted by Gasteiger charge is 2.26. The molecule has 1 saturated carbocycles. The second kappa shape index (κ2) is 6.50. The fraction of sp³-hybridized carbons (Fsp3) is 0.643. The number of hydrogen-bond acceptors (Lipinski definition) is 4. The van der Waals surface area contributed by atoms with E-state index in [0.29, 0.717) is 5.82 Å². The lowest BCUT2D eigenvalue weighted by molar-refractivity contribution is 0.0713. The van der Waals surface area contributed by atoms with Crippen LogP contribution in [0.1, 0.15) is 61.8 Å². The number of carbonyl (C=O) groups is 1. The van der Waals surface area contributed by atoms with Gasteiger partial charge in [0.25, 0.3) is 5.91 Å². The summed E-state index contributed by atoms with van der Waals surface area (Å²) < 4.78 is 0. The molecule has 0 aliphatic heterocycles. The van der Waals surface area contributed by atoms with Gasteiger partial charge >= 0.3 is 0 Å². The Morgan fingerprint density at radius 1 is 1.45 bits per heavy atom. The number of aromatic nitrogens is 2. The molecule has 0 unspecified atom stereocenters. The third kappa shape index (κ3) is 3.46. The second-order valence-electron chi connectivity index (χ2n) is 5.51. The quantitative estimate of drug-likeness (QED) is 0.897. The fourth-order valence-electron chi connectivity index (χ4n) is 2.33. The molecular formula is C14H20ClN3O2. The molecule has 0 spiro atoms. The highest BCUT2D eigenvalue weighted by Crippen LogP contribution is 2.20. The molecule has 2 N–H and O–H groups in total. The van der Waals surface area contributed by atoms with Crippen molar-refractivity contribution in [2.75, 3.05) is 0 Å². The van der Waals surface area contributed by atoms with Gasteiger partial charge in [0.2, 0.25) is 0 Å². The van der Waals surface area contributed by atoms with E-state index in [-0.39, 0.29) is 28.6 Å². The van der Waals surface area contributed by atoms with E-state index in [0.717, 1.165) is 25.7 Å². The lowest BCUT2D eigenvalue weighted by Gasteiger charge is -2.28. The van der Waals surface area contributed by atoms with E-state index in [2.05, 4.69) is 15.3 Å². The van der Waals surface area contributed by atoms with E-state index >= 15 is 0 Å². The van der Waals surface area contributed by atoms with Gasteiger partial charge in [-0.15, -0.1) is 0 Å². The zero-order chi connectivity index (χ0) is 14.7. The maximum absolute atomic E-state index is 12.3. The van der Waals surface area contributed by atoms with E-state index in [1.165, 1.54) is 6.20 Å². The number of nitrogens with one attached hydrogen (secondary N) is 1. The molecule has 1 aromatic heterocycles. The van der Waals surface area contributed by atoms with Crippen molar-refractivity contribution in [1.29, 1.82) is 0 Å². The lowest BCUT2D eigenvalue weighted by Crippen LogP contribution is -2.45. The maximum atomic E-state index is 12.3. The molecule has 20 heavy (non-hydrogen) atoms. The molecule has 1 amide bonds. The van der Waals surface area contributed by atoms with Gasteiger partial charge in [0, 0.05) is 5.92 Å². The van der Waals surface area contributed by atoms with Crippen molar-refractivity contribution in [3.05, 3.63) is 22.7 Å². The SMILES string of the molecule is CC(C)c1ncc(Cl)c(C(=O)N[C@H]2CCCC[C@@H]2O)n1. The Morgan fingerprint density at radius 3 is 2.80 bits per heavy atom. The Balaban J connectivity index is 2.14. The number of aliphatic hydroxyl groups is 1. The van der Waals surface area contributed by atoms with Crippen molar-refractivity contribution in [3.63, 3.8) is 0 Å². The van der Waals surface area contributed by atoms with E-state index in [1.807, 2.05) is 13.8 Å². The summed E-state index contributed by atoms with van der Waals surface area (Å²) in [4.78, 5) is 20.6. The molecule has 1 aliphatic rings. The maximum Gasteiger partial charge on any atom is 0.271 e. The smallest absolute Gasteiger partial charge is 0.271 e. The number of hydrogen-bond donors (Lipinski definition) is 2. The summed E-state index contributed by atoms with van der Waals surface area (Å²) in [7, 11) is 0. The monoisotopic (exact) mass is 297 g/mol. The highest BCUT2D eigenvalue weighted by molar-refractivity contribution is 6.33. The minimum absolute atomic E-state index is 0.124. The van der Waals surface area contributed by atoms with Gasteiger partial charge in [-0.05, 0) is 12.8 Å². The van der Waals surface area contributed by atoms with Crippen LogP contribution < -0.4 is 5.32 Å². The molecule has 1 heterocycles. The number of rotatable bonds is 3. The number of nitrogens with zero attached hydrogens (tertiary/aromatic N) is 2. The summed E-state index contributed by atoms with van der Waals surface area (Å²) in [5.41, 5.74) is 0.183. The molecule has 1 aliphatic carbocycles. The van der Waals surface area contributed by atoms with Crippen LogP contribution in [0.3, 0.4) is 0 Å². The van der Waals surface area contributed by atoms with E-state index in [1.54, 1.807) is 0 Å². The average Bonchev–Trinajstić information content (AvgIpc) is 2.41. The molecule has 1 aromatic rings. The zero-order valence-corrected chi connectivity index (χ0v) is 12.5. The van der Waals surface area contributed by atoms with Crippen LogP contribution >= 0.6 is 11.6 Å². The summed E-state index contributed by atoms with van der Waals surface area (Å²) in [6, 6.07) is -0.218. The molecule has 6 heteroatoms. The number of halogens is 1. The summed E-state index contributed by atoms with van der Waals surface area (Å²) >= 11 is 6.00. The molecule has 0 aromatic carbocycles. The third-order valence-corrected chi connectivity index (χ3v) is 3.82. The fourth-order valence-corrected chi connectivity index (χ4v) is 2.51. The van der Waals surface area contributed by atoms with Crippen LogP contribution in [0, 0.1) is 0 Å². The molecule has 2 atom stereocenters. The normalized spacial score (nSPS) is 22.9. The predicted octanol–water partition coefficient (Wildman–Crippen LogP) is 2.29. The first-order valence-electron chi connectivity index (χ1n) is 7.00. The van der Waals surface area contributed by atoms with Crippen molar-refractivity contribution in [2.45, 2.75) is 57.6 Å². The predicted molar refractivity (Wildman–Crippen MR) is 76.9 cm³/mol. The molecule has 0 radical (unpaired) electrons. The Kier molecular flexibility index (Phi) is 4.94.